The summed E-state index contributed by atoms with van der Waals surface area (Å²) in [4.78, 5) is 31.5. The average molecular weight is 500 g/mol. The lowest BCUT2D eigenvalue weighted by Gasteiger charge is -2.32. The number of benzene rings is 2. The Morgan fingerprint density at radius 3 is 2.69 bits per heavy atom. The molecule has 9 heteroatoms. The lowest BCUT2D eigenvalue weighted by atomic mass is 10.1. The summed E-state index contributed by atoms with van der Waals surface area (Å²) in [5.41, 5.74) is 6.17. The Kier molecular flexibility index (Phi) is 6.04. The molecular formula is C27H29N7OS. The Balaban J connectivity index is 1.13. The number of likely N-dealkylation sites (N-methyl/N-ethyl adjacent to an activating group) is 1. The number of imidazole rings is 2. The summed E-state index contributed by atoms with van der Waals surface area (Å²) in [6.07, 6.45) is 3.02. The maximum absolute atomic E-state index is 13.0. The summed E-state index contributed by atoms with van der Waals surface area (Å²) in [6, 6.07) is 13.7. The van der Waals surface area contributed by atoms with E-state index in [1.54, 1.807) is 11.3 Å². The van der Waals surface area contributed by atoms with E-state index in [1.807, 2.05) is 53.2 Å². The van der Waals surface area contributed by atoms with Gasteiger partial charge in [0, 0.05) is 55.6 Å². The van der Waals surface area contributed by atoms with Crippen LogP contribution in [0.5, 0.6) is 0 Å². The van der Waals surface area contributed by atoms with Crippen molar-refractivity contribution in [3.8, 4) is 11.5 Å². The molecule has 6 rings (SSSR count). The SMILES string of the molecule is Cc1nc2sccn2c1-c1nc2ccc(C(=O)Nc3ccc(CCN4CCN(C)CC4)cc3)cc2[nH]1. The first-order valence-electron chi connectivity index (χ1n) is 12.3. The molecule has 2 aromatic carbocycles. The number of carbonyl (C=O) groups is 1. The summed E-state index contributed by atoms with van der Waals surface area (Å²) in [7, 11) is 2.18. The van der Waals surface area contributed by atoms with E-state index >= 15 is 0 Å². The highest BCUT2D eigenvalue weighted by atomic mass is 32.1. The largest absolute Gasteiger partial charge is 0.337 e. The molecule has 0 spiro atoms. The van der Waals surface area contributed by atoms with Crippen LogP contribution in [0.15, 0.2) is 54.0 Å². The van der Waals surface area contributed by atoms with Crippen molar-refractivity contribution in [2.75, 3.05) is 45.1 Å². The van der Waals surface area contributed by atoms with E-state index in [0.717, 1.165) is 78.0 Å². The molecule has 184 valence electrons. The first kappa shape index (κ1) is 22.9. The number of nitrogens with zero attached hydrogens (tertiary/aromatic N) is 5. The molecule has 1 aliphatic rings. The van der Waals surface area contributed by atoms with Crippen molar-refractivity contribution >= 4 is 38.9 Å². The Bertz CT molecular complexity index is 1520. The molecule has 1 saturated heterocycles. The Morgan fingerprint density at radius 2 is 1.89 bits per heavy atom. The van der Waals surface area contributed by atoms with Crippen molar-refractivity contribution in [3.63, 3.8) is 0 Å². The predicted molar refractivity (Wildman–Crippen MR) is 145 cm³/mol. The van der Waals surface area contributed by atoms with Gasteiger partial charge in [-0.3, -0.25) is 9.20 Å². The van der Waals surface area contributed by atoms with E-state index in [-0.39, 0.29) is 5.91 Å². The highest BCUT2D eigenvalue weighted by molar-refractivity contribution is 7.15. The fourth-order valence-electron chi connectivity index (χ4n) is 4.76. The lowest BCUT2D eigenvalue weighted by Crippen LogP contribution is -2.45. The van der Waals surface area contributed by atoms with Gasteiger partial charge in [0.2, 0.25) is 0 Å². The molecule has 0 saturated carbocycles. The number of hydrogen-bond donors (Lipinski definition) is 2. The first-order chi connectivity index (χ1) is 17.5. The van der Waals surface area contributed by atoms with E-state index < -0.39 is 0 Å². The van der Waals surface area contributed by atoms with Gasteiger partial charge in [0.1, 0.15) is 5.69 Å². The first-order valence-corrected chi connectivity index (χ1v) is 13.1. The third kappa shape index (κ3) is 4.53. The summed E-state index contributed by atoms with van der Waals surface area (Å²) >= 11 is 1.59. The smallest absolute Gasteiger partial charge is 0.255 e. The molecular weight excluding hydrogens is 470 g/mol. The molecule has 36 heavy (non-hydrogen) atoms. The van der Waals surface area contributed by atoms with E-state index in [9.17, 15) is 4.79 Å². The van der Waals surface area contributed by atoms with Gasteiger partial charge >= 0.3 is 0 Å². The van der Waals surface area contributed by atoms with Crippen molar-refractivity contribution in [1.82, 2.24) is 29.2 Å². The van der Waals surface area contributed by atoms with Crippen molar-refractivity contribution in [1.29, 1.82) is 0 Å². The molecule has 2 N–H and O–H groups in total. The number of piperazine rings is 1. The highest BCUT2D eigenvalue weighted by Gasteiger charge is 2.17. The second kappa shape index (κ2) is 9.50. The molecule has 1 aliphatic heterocycles. The number of thiazole rings is 1. The Hall–Kier alpha value is -3.53. The Labute approximate surface area is 213 Å². The second-order valence-corrected chi connectivity index (χ2v) is 10.3. The van der Waals surface area contributed by atoms with Crippen molar-refractivity contribution < 1.29 is 4.79 Å². The van der Waals surface area contributed by atoms with E-state index in [0.29, 0.717) is 5.56 Å². The van der Waals surface area contributed by atoms with E-state index in [1.165, 1.54) is 5.56 Å². The number of fused-ring (bicyclic) bond motifs is 2. The summed E-state index contributed by atoms with van der Waals surface area (Å²) in [5, 5.41) is 5.03. The van der Waals surface area contributed by atoms with Crippen LogP contribution >= 0.6 is 11.3 Å². The number of amides is 1. The van der Waals surface area contributed by atoms with Gasteiger partial charge in [-0.15, -0.1) is 11.3 Å². The van der Waals surface area contributed by atoms with Gasteiger partial charge in [-0.25, -0.2) is 9.97 Å². The fraction of sp³-hybridized carbons (Fsp3) is 0.296. The van der Waals surface area contributed by atoms with E-state index in [2.05, 4.69) is 44.3 Å². The van der Waals surface area contributed by atoms with Crippen LogP contribution < -0.4 is 5.32 Å². The van der Waals surface area contributed by atoms with Crippen LogP contribution in [0.3, 0.4) is 0 Å². The standard InChI is InChI=1S/C27H29N7OS/c1-18-24(34-15-16-36-27(34)28-18)25-30-22-8-5-20(17-23(22)31-25)26(35)29-21-6-3-19(4-7-21)9-10-33-13-11-32(2)12-14-33/h3-8,15-17H,9-14H2,1-2H3,(H,29,35)(H,30,31). The van der Waals surface area contributed by atoms with Crippen molar-refractivity contribution in [2.45, 2.75) is 13.3 Å². The third-order valence-corrected chi connectivity index (χ3v) is 7.69. The summed E-state index contributed by atoms with van der Waals surface area (Å²) in [6.45, 7) is 7.60. The van der Waals surface area contributed by atoms with Gasteiger partial charge < -0.3 is 20.1 Å². The molecule has 0 bridgehead atoms. The minimum atomic E-state index is -0.140. The average Bonchev–Trinajstić information content (AvgIpc) is 3.58. The molecule has 4 heterocycles. The fourth-order valence-corrected chi connectivity index (χ4v) is 5.52. The zero-order chi connectivity index (χ0) is 24.6. The number of nitrogens with one attached hydrogen (secondary N) is 2. The van der Waals surface area contributed by atoms with Crippen LogP contribution in [-0.4, -0.2) is 74.8 Å². The molecule has 1 amide bonds. The van der Waals surface area contributed by atoms with Crippen LogP contribution in [-0.2, 0) is 6.42 Å². The van der Waals surface area contributed by atoms with Gasteiger partial charge in [-0.1, -0.05) is 12.1 Å². The third-order valence-electron chi connectivity index (χ3n) is 6.93. The van der Waals surface area contributed by atoms with Gasteiger partial charge in [0.15, 0.2) is 10.8 Å². The van der Waals surface area contributed by atoms with Gasteiger partial charge in [0.05, 0.1) is 16.7 Å². The van der Waals surface area contributed by atoms with Crippen molar-refractivity contribution in [3.05, 3.63) is 70.9 Å². The van der Waals surface area contributed by atoms with Crippen LogP contribution in [0, 0.1) is 6.92 Å². The minimum absolute atomic E-state index is 0.140. The highest BCUT2D eigenvalue weighted by Crippen LogP contribution is 2.27. The summed E-state index contributed by atoms with van der Waals surface area (Å²) < 4.78 is 2.04. The monoisotopic (exact) mass is 499 g/mol. The van der Waals surface area contributed by atoms with Crippen molar-refractivity contribution in [2.24, 2.45) is 0 Å². The number of anilines is 1. The predicted octanol–water partition coefficient (Wildman–Crippen LogP) is 4.29. The number of carbonyl (C=O) groups excluding carboxylic acids is 1. The molecule has 8 nitrogen and oxygen atoms in total. The molecule has 0 aliphatic carbocycles. The minimum Gasteiger partial charge on any atom is -0.337 e. The lowest BCUT2D eigenvalue weighted by molar-refractivity contribution is 0.102. The number of aromatic nitrogens is 4. The number of H-pyrrole nitrogens is 1. The van der Waals surface area contributed by atoms with Gasteiger partial charge in [-0.2, -0.15) is 0 Å². The molecule has 1 fully saturated rings. The number of aryl methyl sites for hydroxylation is 1. The quantitative estimate of drug-likeness (QED) is 0.364. The number of aromatic amines is 1. The Morgan fingerprint density at radius 1 is 1.08 bits per heavy atom. The second-order valence-electron chi connectivity index (χ2n) is 9.46. The number of hydrogen-bond acceptors (Lipinski definition) is 6. The molecule has 3 aromatic heterocycles. The normalized spacial score (nSPS) is 15.2. The molecule has 0 radical (unpaired) electrons. The summed E-state index contributed by atoms with van der Waals surface area (Å²) in [5.74, 6) is 0.608. The maximum atomic E-state index is 13.0. The van der Waals surface area contributed by atoms with Crippen LogP contribution in [0.4, 0.5) is 5.69 Å². The zero-order valence-electron chi connectivity index (χ0n) is 20.5. The maximum Gasteiger partial charge on any atom is 0.255 e. The van der Waals surface area contributed by atoms with Crippen LogP contribution in [0.2, 0.25) is 0 Å². The van der Waals surface area contributed by atoms with Gasteiger partial charge in [-0.05, 0) is 56.3 Å². The van der Waals surface area contributed by atoms with Crippen LogP contribution in [0.1, 0.15) is 21.6 Å². The van der Waals surface area contributed by atoms with Crippen LogP contribution in [0.25, 0.3) is 27.5 Å². The molecule has 0 unspecified atom stereocenters. The van der Waals surface area contributed by atoms with Gasteiger partial charge in [0.25, 0.3) is 5.91 Å². The molecule has 5 aromatic rings. The topological polar surface area (TPSA) is 81.6 Å². The zero-order valence-corrected chi connectivity index (χ0v) is 21.3. The van der Waals surface area contributed by atoms with E-state index in [4.69, 9.17) is 4.98 Å². The number of rotatable bonds is 6. The molecule has 0 atom stereocenters.